The average Bonchev–Trinajstić information content (AvgIpc) is 3.31. The highest BCUT2D eigenvalue weighted by Gasteiger charge is 2.20. The molecule has 4 rings (SSSR count). The first-order chi connectivity index (χ1) is 14.5. The predicted molar refractivity (Wildman–Crippen MR) is 125 cm³/mol. The number of halogens is 2. The Morgan fingerprint density at radius 1 is 1.23 bits per heavy atom. The summed E-state index contributed by atoms with van der Waals surface area (Å²) in [5, 5.41) is 10.4. The van der Waals surface area contributed by atoms with Gasteiger partial charge < -0.3 is 15.4 Å². The summed E-state index contributed by atoms with van der Waals surface area (Å²) in [7, 11) is 0. The number of hydrogen-bond acceptors (Lipinski definition) is 7. The van der Waals surface area contributed by atoms with Gasteiger partial charge in [0.2, 0.25) is 5.91 Å². The zero-order valence-electron chi connectivity index (χ0n) is 16.2. The molecule has 6 nitrogen and oxygen atoms in total. The lowest BCUT2D eigenvalue weighted by molar-refractivity contribution is -0.119. The van der Waals surface area contributed by atoms with E-state index >= 15 is 0 Å². The maximum Gasteiger partial charge on any atom is 0.228 e. The summed E-state index contributed by atoms with van der Waals surface area (Å²) in [4.78, 5) is 22.4. The molecule has 0 spiro atoms. The lowest BCUT2D eigenvalue weighted by atomic mass is 10.1. The van der Waals surface area contributed by atoms with Crippen molar-refractivity contribution in [2.45, 2.75) is 38.7 Å². The fourth-order valence-electron chi connectivity index (χ4n) is 3.17. The molecule has 2 N–H and O–H groups in total. The van der Waals surface area contributed by atoms with Gasteiger partial charge >= 0.3 is 0 Å². The summed E-state index contributed by atoms with van der Waals surface area (Å²) >= 11 is 14.9. The molecule has 1 fully saturated rings. The molecule has 3 heterocycles. The molecular formula is C20H20Cl2N4O2S2. The SMILES string of the molecule is Cc1nc(NC(=O)C[C@H]2CCCCO2)sc1-c1csc(Nc2ccc(Cl)c(Cl)c2)n1. The highest BCUT2D eigenvalue weighted by molar-refractivity contribution is 7.20. The van der Waals surface area contributed by atoms with Gasteiger partial charge in [-0.3, -0.25) is 4.79 Å². The lowest BCUT2D eigenvalue weighted by Gasteiger charge is -2.21. The summed E-state index contributed by atoms with van der Waals surface area (Å²) in [6, 6.07) is 5.34. The second kappa shape index (κ2) is 9.62. The van der Waals surface area contributed by atoms with Crippen LogP contribution >= 0.6 is 45.9 Å². The summed E-state index contributed by atoms with van der Waals surface area (Å²) in [6.07, 6.45) is 3.49. The fourth-order valence-corrected chi connectivity index (χ4v) is 5.20. The first-order valence-electron chi connectivity index (χ1n) is 9.55. The molecule has 1 amide bonds. The van der Waals surface area contributed by atoms with Crippen LogP contribution in [0.5, 0.6) is 0 Å². The van der Waals surface area contributed by atoms with Crippen LogP contribution < -0.4 is 10.6 Å². The summed E-state index contributed by atoms with van der Waals surface area (Å²) in [6.45, 7) is 2.65. The topological polar surface area (TPSA) is 76.1 Å². The van der Waals surface area contributed by atoms with Crippen molar-refractivity contribution in [1.82, 2.24) is 9.97 Å². The average molecular weight is 483 g/mol. The minimum Gasteiger partial charge on any atom is -0.378 e. The lowest BCUT2D eigenvalue weighted by Crippen LogP contribution is -2.25. The number of rotatable bonds is 6. The molecular weight excluding hydrogens is 463 g/mol. The van der Waals surface area contributed by atoms with Crippen molar-refractivity contribution in [3.8, 4) is 10.6 Å². The minimum atomic E-state index is -0.0672. The van der Waals surface area contributed by atoms with Gasteiger partial charge in [0, 0.05) is 17.7 Å². The van der Waals surface area contributed by atoms with E-state index in [1.807, 2.05) is 18.4 Å². The van der Waals surface area contributed by atoms with Crippen LogP contribution in [-0.2, 0) is 9.53 Å². The molecule has 1 saturated heterocycles. The molecule has 1 aliphatic heterocycles. The monoisotopic (exact) mass is 482 g/mol. The number of thiazole rings is 2. The molecule has 3 aromatic rings. The fraction of sp³-hybridized carbons (Fsp3) is 0.350. The number of amides is 1. The molecule has 30 heavy (non-hydrogen) atoms. The van der Waals surface area contributed by atoms with Crippen molar-refractivity contribution in [1.29, 1.82) is 0 Å². The number of carbonyl (C=O) groups is 1. The van der Waals surface area contributed by atoms with E-state index in [4.69, 9.17) is 27.9 Å². The van der Waals surface area contributed by atoms with E-state index in [-0.39, 0.29) is 12.0 Å². The van der Waals surface area contributed by atoms with Gasteiger partial charge in [0.1, 0.15) is 0 Å². The van der Waals surface area contributed by atoms with Gasteiger partial charge in [-0.1, -0.05) is 34.5 Å². The van der Waals surface area contributed by atoms with Crippen molar-refractivity contribution >= 4 is 67.7 Å². The first-order valence-corrected chi connectivity index (χ1v) is 12.0. The molecule has 0 radical (unpaired) electrons. The quantitative estimate of drug-likeness (QED) is 0.417. The van der Waals surface area contributed by atoms with Gasteiger partial charge in [-0.2, -0.15) is 0 Å². The molecule has 0 bridgehead atoms. The second-order valence-corrected chi connectivity index (χ2v) is 9.64. The highest BCUT2D eigenvalue weighted by Crippen LogP contribution is 2.36. The van der Waals surface area contributed by atoms with Crippen LogP contribution in [0.15, 0.2) is 23.6 Å². The normalized spacial score (nSPS) is 16.4. The number of nitrogens with zero attached hydrogens (tertiary/aromatic N) is 2. The predicted octanol–water partition coefficient (Wildman–Crippen LogP) is 6.52. The zero-order valence-corrected chi connectivity index (χ0v) is 19.4. The van der Waals surface area contributed by atoms with Gasteiger partial charge in [0.25, 0.3) is 0 Å². The van der Waals surface area contributed by atoms with E-state index in [2.05, 4.69) is 20.6 Å². The van der Waals surface area contributed by atoms with E-state index < -0.39 is 0 Å². The number of aromatic nitrogens is 2. The van der Waals surface area contributed by atoms with Gasteiger partial charge in [-0.15, -0.1) is 11.3 Å². The summed E-state index contributed by atoms with van der Waals surface area (Å²) in [5.41, 5.74) is 2.45. The Hall–Kier alpha value is -1.71. The largest absolute Gasteiger partial charge is 0.378 e. The Balaban J connectivity index is 1.41. The van der Waals surface area contributed by atoms with Crippen molar-refractivity contribution < 1.29 is 9.53 Å². The maximum absolute atomic E-state index is 12.3. The number of anilines is 3. The summed E-state index contributed by atoms with van der Waals surface area (Å²) < 4.78 is 5.64. The number of benzene rings is 1. The molecule has 1 aromatic carbocycles. The van der Waals surface area contributed by atoms with Crippen molar-refractivity contribution in [3.63, 3.8) is 0 Å². The van der Waals surface area contributed by atoms with Crippen LogP contribution in [-0.4, -0.2) is 28.6 Å². The second-order valence-electron chi connectivity index (χ2n) is 6.97. The van der Waals surface area contributed by atoms with Crippen molar-refractivity contribution in [3.05, 3.63) is 39.3 Å². The third-order valence-electron chi connectivity index (χ3n) is 4.64. The van der Waals surface area contributed by atoms with Crippen molar-refractivity contribution in [2.75, 3.05) is 17.2 Å². The van der Waals surface area contributed by atoms with Gasteiger partial charge in [0.15, 0.2) is 10.3 Å². The number of ether oxygens (including phenoxy) is 1. The molecule has 158 valence electrons. The number of hydrogen-bond donors (Lipinski definition) is 2. The Labute approximate surface area is 192 Å². The zero-order chi connectivity index (χ0) is 21.1. The van der Waals surface area contributed by atoms with Crippen LogP contribution in [0, 0.1) is 6.92 Å². The van der Waals surface area contributed by atoms with Gasteiger partial charge in [-0.25, -0.2) is 9.97 Å². The highest BCUT2D eigenvalue weighted by atomic mass is 35.5. The Kier molecular flexibility index (Phi) is 6.90. The van der Waals surface area contributed by atoms with Crippen LogP contribution in [0.25, 0.3) is 10.6 Å². The van der Waals surface area contributed by atoms with E-state index in [0.717, 1.165) is 53.0 Å². The Morgan fingerprint density at radius 3 is 2.87 bits per heavy atom. The number of carbonyl (C=O) groups excluding carboxylic acids is 1. The van der Waals surface area contributed by atoms with Crippen LogP contribution in [0.3, 0.4) is 0 Å². The summed E-state index contributed by atoms with van der Waals surface area (Å²) in [5.74, 6) is -0.0672. The smallest absolute Gasteiger partial charge is 0.228 e. The molecule has 1 aliphatic rings. The Morgan fingerprint density at radius 2 is 2.10 bits per heavy atom. The van der Waals surface area contributed by atoms with Crippen LogP contribution in [0.2, 0.25) is 10.0 Å². The van der Waals surface area contributed by atoms with Gasteiger partial charge in [0.05, 0.1) is 38.8 Å². The van der Waals surface area contributed by atoms with E-state index in [1.54, 1.807) is 12.1 Å². The molecule has 1 atom stereocenters. The van der Waals surface area contributed by atoms with Crippen LogP contribution in [0.1, 0.15) is 31.4 Å². The van der Waals surface area contributed by atoms with E-state index in [1.165, 1.54) is 22.7 Å². The van der Waals surface area contributed by atoms with E-state index in [0.29, 0.717) is 21.6 Å². The van der Waals surface area contributed by atoms with Crippen molar-refractivity contribution in [2.24, 2.45) is 0 Å². The van der Waals surface area contributed by atoms with E-state index in [9.17, 15) is 4.79 Å². The molecule has 0 saturated carbocycles. The standard InChI is InChI=1S/C20H20Cl2N4O2S2/c1-11-18(30-20(23-11)26-17(27)9-13-4-2-3-7-28-13)16-10-29-19(25-16)24-12-5-6-14(21)15(22)8-12/h5-6,8,10,13H,2-4,7,9H2,1H3,(H,24,25)(H,23,26,27)/t13-/m1/s1. The minimum absolute atomic E-state index is 0.00724. The third-order valence-corrected chi connectivity index (χ3v) is 7.23. The maximum atomic E-state index is 12.3. The number of aryl methyl sites for hydroxylation is 1. The Bertz CT molecular complexity index is 1050. The first kappa shape index (κ1) is 21.5. The number of nitrogens with one attached hydrogen (secondary N) is 2. The molecule has 0 aliphatic carbocycles. The molecule has 10 heteroatoms. The molecule has 0 unspecified atom stereocenters. The van der Waals surface area contributed by atoms with Crippen LogP contribution in [0.4, 0.5) is 16.0 Å². The van der Waals surface area contributed by atoms with Gasteiger partial charge in [-0.05, 0) is 44.4 Å². The third kappa shape index (κ3) is 5.31. The molecule has 2 aromatic heterocycles.